The number of aromatic carboxylic acids is 1. The minimum atomic E-state index is -0.931. The van der Waals surface area contributed by atoms with Crippen molar-refractivity contribution in [1.82, 2.24) is 10.3 Å². The molecule has 0 aliphatic carbocycles. The van der Waals surface area contributed by atoms with Gasteiger partial charge in [-0.2, -0.15) is 0 Å². The number of nitrogens with one attached hydrogen (secondary N) is 2. The van der Waals surface area contributed by atoms with Crippen molar-refractivity contribution in [3.63, 3.8) is 0 Å². The number of likely N-dealkylation sites (N-methyl/N-ethyl adjacent to an activating group) is 1. The number of thiazole rings is 1. The van der Waals surface area contributed by atoms with Crippen molar-refractivity contribution >= 4 is 22.4 Å². The van der Waals surface area contributed by atoms with Gasteiger partial charge in [0.2, 0.25) is 0 Å². The van der Waals surface area contributed by atoms with Crippen LogP contribution in [0.3, 0.4) is 0 Å². The molecule has 0 aliphatic rings. The van der Waals surface area contributed by atoms with Gasteiger partial charge in [0.25, 0.3) is 0 Å². The minimum Gasteiger partial charge on any atom is -0.477 e. The number of hydrogen-bond donors (Lipinski definition) is 3. The standard InChI is InChI=1S/C7H11N3O2S/c1-8-2-3-9-7-10-4-5(13-7)6(11)12/h4,8H,2-3H2,1H3,(H,9,10)(H,11,12). The zero-order valence-corrected chi connectivity index (χ0v) is 8.02. The van der Waals surface area contributed by atoms with Gasteiger partial charge in [-0.1, -0.05) is 11.3 Å². The van der Waals surface area contributed by atoms with E-state index in [1.165, 1.54) is 6.20 Å². The van der Waals surface area contributed by atoms with Crippen molar-refractivity contribution in [2.24, 2.45) is 0 Å². The maximum Gasteiger partial charge on any atom is 0.347 e. The summed E-state index contributed by atoms with van der Waals surface area (Å²) in [7, 11) is 1.85. The maximum absolute atomic E-state index is 10.5. The van der Waals surface area contributed by atoms with Crippen LogP contribution in [0.5, 0.6) is 0 Å². The van der Waals surface area contributed by atoms with E-state index in [0.29, 0.717) is 5.13 Å². The van der Waals surface area contributed by atoms with E-state index in [1.54, 1.807) is 0 Å². The van der Waals surface area contributed by atoms with Crippen LogP contribution in [0.15, 0.2) is 6.20 Å². The summed E-state index contributed by atoms with van der Waals surface area (Å²) in [4.78, 5) is 14.6. The van der Waals surface area contributed by atoms with Gasteiger partial charge in [0.1, 0.15) is 4.88 Å². The van der Waals surface area contributed by atoms with Gasteiger partial charge in [-0.3, -0.25) is 0 Å². The molecule has 1 heterocycles. The smallest absolute Gasteiger partial charge is 0.347 e. The zero-order valence-electron chi connectivity index (χ0n) is 7.20. The monoisotopic (exact) mass is 201 g/mol. The Morgan fingerprint density at radius 1 is 1.69 bits per heavy atom. The molecular weight excluding hydrogens is 190 g/mol. The SMILES string of the molecule is CNCCNc1ncc(C(=O)O)s1. The van der Waals surface area contributed by atoms with E-state index in [-0.39, 0.29) is 4.88 Å². The number of nitrogens with zero attached hydrogens (tertiary/aromatic N) is 1. The zero-order chi connectivity index (χ0) is 9.68. The molecule has 13 heavy (non-hydrogen) atoms. The van der Waals surface area contributed by atoms with Crippen LogP contribution < -0.4 is 10.6 Å². The van der Waals surface area contributed by atoms with E-state index in [1.807, 2.05) is 7.05 Å². The molecule has 3 N–H and O–H groups in total. The summed E-state index contributed by atoms with van der Waals surface area (Å²) < 4.78 is 0. The molecule has 1 aromatic rings. The van der Waals surface area contributed by atoms with Crippen molar-refractivity contribution in [2.45, 2.75) is 0 Å². The summed E-state index contributed by atoms with van der Waals surface area (Å²) in [6.45, 7) is 1.56. The molecule has 0 saturated heterocycles. The quantitative estimate of drug-likeness (QED) is 0.604. The van der Waals surface area contributed by atoms with E-state index in [0.717, 1.165) is 24.4 Å². The average molecular weight is 201 g/mol. The topological polar surface area (TPSA) is 74.2 Å². The summed E-state index contributed by atoms with van der Waals surface area (Å²) in [5.41, 5.74) is 0. The molecule has 1 aromatic heterocycles. The van der Waals surface area contributed by atoms with E-state index >= 15 is 0 Å². The fraction of sp³-hybridized carbons (Fsp3) is 0.429. The Morgan fingerprint density at radius 2 is 2.46 bits per heavy atom. The third-order valence-corrected chi connectivity index (χ3v) is 2.31. The molecular formula is C7H11N3O2S. The lowest BCUT2D eigenvalue weighted by atomic mass is 10.6. The van der Waals surface area contributed by atoms with Crippen LogP contribution >= 0.6 is 11.3 Å². The van der Waals surface area contributed by atoms with E-state index in [2.05, 4.69) is 15.6 Å². The van der Waals surface area contributed by atoms with Crippen molar-refractivity contribution in [3.8, 4) is 0 Å². The van der Waals surface area contributed by atoms with Crippen LogP contribution in [0.1, 0.15) is 9.67 Å². The molecule has 0 unspecified atom stereocenters. The van der Waals surface area contributed by atoms with E-state index in [9.17, 15) is 4.79 Å². The molecule has 0 fully saturated rings. The second-order valence-corrected chi connectivity index (χ2v) is 3.40. The fourth-order valence-corrected chi connectivity index (χ4v) is 1.43. The first-order valence-electron chi connectivity index (χ1n) is 3.81. The predicted octanol–water partition coefficient (Wildman–Crippen LogP) is 0.473. The van der Waals surface area contributed by atoms with Crippen molar-refractivity contribution in [3.05, 3.63) is 11.1 Å². The highest BCUT2D eigenvalue weighted by Crippen LogP contribution is 2.17. The molecule has 0 bridgehead atoms. The highest BCUT2D eigenvalue weighted by molar-refractivity contribution is 7.17. The molecule has 0 aliphatic heterocycles. The summed E-state index contributed by atoms with van der Waals surface area (Å²) in [5.74, 6) is -0.931. The fourth-order valence-electron chi connectivity index (χ4n) is 0.749. The van der Waals surface area contributed by atoms with Crippen molar-refractivity contribution in [1.29, 1.82) is 0 Å². The lowest BCUT2D eigenvalue weighted by Crippen LogP contribution is -2.17. The van der Waals surface area contributed by atoms with Gasteiger partial charge in [0.05, 0.1) is 6.20 Å². The van der Waals surface area contributed by atoms with Gasteiger partial charge < -0.3 is 15.7 Å². The van der Waals surface area contributed by atoms with E-state index < -0.39 is 5.97 Å². The highest BCUT2D eigenvalue weighted by Gasteiger charge is 2.07. The van der Waals surface area contributed by atoms with Crippen molar-refractivity contribution < 1.29 is 9.90 Å². The number of hydrogen-bond acceptors (Lipinski definition) is 5. The molecule has 0 spiro atoms. The van der Waals surface area contributed by atoms with E-state index in [4.69, 9.17) is 5.11 Å². The average Bonchev–Trinajstić information content (AvgIpc) is 2.53. The molecule has 5 nitrogen and oxygen atoms in total. The number of rotatable bonds is 5. The minimum absolute atomic E-state index is 0.256. The van der Waals surface area contributed by atoms with Crippen LogP contribution in [0.2, 0.25) is 0 Å². The third-order valence-electron chi connectivity index (χ3n) is 1.37. The Balaban J connectivity index is 2.44. The van der Waals surface area contributed by atoms with Crippen LogP contribution in [0.4, 0.5) is 5.13 Å². The van der Waals surface area contributed by atoms with Gasteiger partial charge in [0, 0.05) is 13.1 Å². The molecule has 1 rings (SSSR count). The number of aromatic nitrogens is 1. The third kappa shape index (κ3) is 3.00. The first-order valence-corrected chi connectivity index (χ1v) is 4.63. The van der Waals surface area contributed by atoms with Gasteiger partial charge >= 0.3 is 5.97 Å². The molecule has 0 aromatic carbocycles. The number of carboxylic acid groups (broad SMARTS) is 1. The summed E-state index contributed by atoms with van der Waals surface area (Å²) in [6, 6.07) is 0. The molecule has 0 amide bonds. The molecule has 72 valence electrons. The second kappa shape index (κ2) is 4.78. The molecule has 0 atom stereocenters. The predicted molar refractivity (Wildman–Crippen MR) is 51.5 cm³/mol. The summed E-state index contributed by atoms with van der Waals surface area (Å²) >= 11 is 1.14. The summed E-state index contributed by atoms with van der Waals surface area (Å²) in [6.07, 6.45) is 1.36. The molecule has 0 saturated carbocycles. The Morgan fingerprint density at radius 3 is 3.00 bits per heavy atom. The largest absolute Gasteiger partial charge is 0.477 e. The lowest BCUT2D eigenvalue weighted by Gasteiger charge is -1.99. The number of carboxylic acids is 1. The molecule has 0 radical (unpaired) electrons. The Hall–Kier alpha value is -1.14. The second-order valence-electron chi connectivity index (χ2n) is 2.37. The number of carbonyl (C=O) groups is 1. The summed E-state index contributed by atoms with van der Waals surface area (Å²) in [5, 5.41) is 15.2. The van der Waals surface area contributed by atoms with Crippen LogP contribution in [0, 0.1) is 0 Å². The van der Waals surface area contributed by atoms with Gasteiger partial charge in [-0.15, -0.1) is 0 Å². The Kier molecular flexibility index (Phi) is 3.66. The molecule has 6 heteroatoms. The van der Waals surface area contributed by atoms with Crippen LogP contribution in [-0.4, -0.2) is 36.2 Å². The lowest BCUT2D eigenvalue weighted by molar-refractivity contribution is 0.0702. The normalized spacial score (nSPS) is 9.92. The van der Waals surface area contributed by atoms with Gasteiger partial charge in [-0.05, 0) is 7.05 Å². The Labute approximate surface area is 79.8 Å². The highest BCUT2D eigenvalue weighted by atomic mass is 32.1. The maximum atomic E-state index is 10.5. The Bertz CT molecular complexity index is 287. The van der Waals surface area contributed by atoms with Gasteiger partial charge in [0.15, 0.2) is 5.13 Å². The van der Waals surface area contributed by atoms with Crippen LogP contribution in [0.25, 0.3) is 0 Å². The number of anilines is 1. The first kappa shape index (κ1) is 9.94. The van der Waals surface area contributed by atoms with Crippen molar-refractivity contribution in [2.75, 3.05) is 25.5 Å². The first-order chi connectivity index (χ1) is 6.24. The van der Waals surface area contributed by atoms with Crippen LogP contribution in [-0.2, 0) is 0 Å². The van der Waals surface area contributed by atoms with Gasteiger partial charge in [-0.25, -0.2) is 9.78 Å².